The van der Waals surface area contributed by atoms with Crippen molar-refractivity contribution in [2.24, 2.45) is 5.73 Å². The Kier molecular flexibility index (Phi) is 8.11. The van der Waals surface area contributed by atoms with Crippen molar-refractivity contribution in [3.8, 4) is 0 Å². The van der Waals surface area contributed by atoms with E-state index in [1.165, 1.54) is 20.8 Å². The van der Waals surface area contributed by atoms with Crippen LogP contribution in [0, 0.1) is 0 Å². The maximum absolute atomic E-state index is 11.3. The molecule has 0 aliphatic rings. The van der Waals surface area contributed by atoms with Gasteiger partial charge in [-0.3, -0.25) is 4.79 Å². The number of carbonyl (C=O) groups excluding carboxylic acids is 2. The highest BCUT2D eigenvalue weighted by Gasteiger charge is 2.38. The van der Waals surface area contributed by atoms with Gasteiger partial charge in [-0.25, -0.2) is 4.79 Å². The Morgan fingerprint density at radius 3 is 2.10 bits per heavy atom. The molecule has 0 aromatic rings. The van der Waals surface area contributed by atoms with Gasteiger partial charge in [-0.2, -0.15) is 0 Å². The SMILES string of the molecule is C=CC(=O)OC(C(C)N)C(O)C(NC(C)=O)C(O)C(C)O. The Labute approximate surface area is 123 Å². The summed E-state index contributed by atoms with van der Waals surface area (Å²) in [4.78, 5) is 22.5. The minimum absolute atomic E-state index is 0.530. The van der Waals surface area contributed by atoms with E-state index in [1.54, 1.807) is 0 Å². The number of esters is 1. The van der Waals surface area contributed by atoms with Crippen molar-refractivity contribution >= 4 is 11.9 Å². The molecule has 0 aliphatic carbocycles. The summed E-state index contributed by atoms with van der Waals surface area (Å²) < 4.78 is 4.94. The van der Waals surface area contributed by atoms with E-state index in [0.717, 1.165) is 6.08 Å². The quantitative estimate of drug-likeness (QED) is 0.259. The number of aliphatic hydroxyl groups is 3. The molecule has 21 heavy (non-hydrogen) atoms. The first-order chi connectivity index (χ1) is 9.61. The first kappa shape index (κ1) is 19.5. The van der Waals surface area contributed by atoms with Gasteiger partial charge in [0.2, 0.25) is 5.91 Å². The molecule has 0 fully saturated rings. The lowest BCUT2D eigenvalue weighted by atomic mass is 9.94. The van der Waals surface area contributed by atoms with Crippen molar-refractivity contribution < 1.29 is 29.6 Å². The molecule has 0 aromatic carbocycles. The molecular weight excluding hydrogens is 280 g/mol. The summed E-state index contributed by atoms with van der Waals surface area (Å²) in [5.74, 6) is -1.33. The van der Waals surface area contributed by atoms with Gasteiger partial charge in [0.25, 0.3) is 0 Å². The maximum atomic E-state index is 11.3. The minimum atomic E-state index is -1.51. The maximum Gasteiger partial charge on any atom is 0.330 e. The van der Waals surface area contributed by atoms with Gasteiger partial charge in [-0.1, -0.05) is 6.58 Å². The zero-order valence-corrected chi connectivity index (χ0v) is 12.4. The molecule has 0 rings (SSSR count). The molecule has 0 aromatic heterocycles. The molecule has 0 heterocycles. The molecule has 0 bridgehead atoms. The lowest BCUT2D eigenvalue weighted by Gasteiger charge is -2.35. The zero-order valence-electron chi connectivity index (χ0n) is 12.4. The van der Waals surface area contributed by atoms with E-state index in [-0.39, 0.29) is 0 Å². The van der Waals surface area contributed by atoms with Gasteiger partial charge in [0.05, 0.1) is 12.1 Å². The van der Waals surface area contributed by atoms with Gasteiger partial charge in [0, 0.05) is 19.0 Å². The third kappa shape index (κ3) is 6.21. The van der Waals surface area contributed by atoms with Gasteiger partial charge in [0.15, 0.2) is 0 Å². The topological polar surface area (TPSA) is 142 Å². The highest BCUT2D eigenvalue weighted by molar-refractivity contribution is 5.81. The Hall–Kier alpha value is -1.48. The lowest BCUT2D eigenvalue weighted by molar-refractivity contribution is -0.155. The predicted octanol–water partition coefficient (Wildman–Crippen LogP) is -1.96. The largest absolute Gasteiger partial charge is 0.455 e. The molecule has 122 valence electrons. The third-order valence-corrected chi connectivity index (χ3v) is 2.87. The molecule has 0 saturated heterocycles. The summed E-state index contributed by atoms with van der Waals surface area (Å²) in [7, 11) is 0. The second kappa shape index (κ2) is 8.73. The Morgan fingerprint density at radius 2 is 1.76 bits per heavy atom. The highest BCUT2D eigenvalue weighted by atomic mass is 16.6. The van der Waals surface area contributed by atoms with E-state index in [2.05, 4.69) is 11.9 Å². The normalized spacial score (nSPS) is 19.6. The molecule has 6 unspecified atom stereocenters. The molecule has 1 amide bonds. The van der Waals surface area contributed by atoms with Gasteiger partial charge < -0.3 is 31.1 Å². The van der Waals surface area contributed by atoms with Gasteiger partial charge in [0.1, 0.15) is 18.3 Å². The summed E-state index contributed by atoms with van der Waals surface area (Å²) in [5, 5.41) is 31.9. The van der Waals surface area contributed by atoms with E-state index >= 15 is 0 Å². The first-order valence-corrected chi connectivity index (χ1v) is 6.51. The number of ether oxygens (including phenoxy) is 1. The third-order valence-electron chi connectivity index (χ3n) is 2.87. The van der Waals surface area contributed by atoms with Gasteiger partial charge >= 0.3 is 5.97 Å². The Balaban J connectivity index is 5.27. The van der Waals surface area contributed by atoms with Crippen molar-refractivity contribution in [1.29, 1.82) is 0 Å². The number of amides is 1. The molecule has 6 atom stereocenters. The van der Waals surface area contributed by atoms with Crippen molar-refractivity contribution in [3.63, 3.8) is 0 Å². The fourth-order valence-electron chi connectivity index (χ4n) is 1.78. The average Bonchev–Trinajstić information content (AvgIpc) is 2.39. The first-order valence-electron chi connectivity index (χ1n) is 6.51. The van der Waals surface area contributed by atoms with Crippen LogP contribution in [0.15, 0.2) is 12.7 Å². The second-order valence-electron chi connectivity index (χ2n) is 4.91. The molecule has 6 N–H and O–H groups in total. The van der Waals surface area contributed by atoms with Crippen LogP contribution in [0.5, 0.6) is 0 Å². The average molecular weight is 304 g/mol. The molecule has 0 saturated carbocycles. The number of hydrogen-bond acceptors (Lipinski definition) is 7. The molecular formula is C13H24N2O6. The monoisotopic (exact) mass is 304 g/mol. The number of hydrogen-bond donors (Lipinski definition) is 5. The Morgan fingerprint density at radius 1 is 1.24 bits per heavy atom. The molecule has 8 nitrogen and oxygen atoms in total. The van der Waals surface area contributed by atoms with Crippen LogP contribution in [-0.2, 0) is 14.3 Å². The standard InChI is InChI=1S/C13H24N2O6/c1-5-9(18)21-13(6(2)14)12(20)10(15-8(4)17)11(19)7(3)16/h5-7,10-13,16,19-20H,1,14H2,2-4H3,(H,15,17). The summed E-state index contributed by atoms with van der Waals surface area (Å²) >= 11 is 0. The molecule has 0 aliphatic heterocycles. The van der Waals surface area contributed by atoms with Crippen LogP contribution >= 0.6 is 0 Å². The summed E-state index contributed by atoms with van der Waals surface area (Å²) in [6.07, 6.45) is -4.49. The van der Waals surface area contributed by atoms with Gasteiger partial charge in [-0.15, -0.1) is 0 Å². The van der Waals surface area contributed by atoms with Crippen LogP contribution in [0.2, 0.25) is 0 Å². The summed E-state index contributed by atoms with van der Waals surface area (Å²) in [6.45, 7) is 7.20. The van der Waals surface area contributed by atoms with Crippen molar-refractivity contribution in [2.75, 3.05) is 0 Å². The fourth-order valence-corrected chi connectivity index (χ4v) is 1.78. The van der Waals surface area contributed by atoms with Crippen molar-refractivity contribution in [2.45, 2.75) is 57.3 Å². The predicted molar refractivity (Wildman–Crippen MR) is 75.0 cm³/mol. The minimum Gasteiger partial charge on any atom is -0.455 e. The Bertz CT molecular complexity index is 372. The van der Waals surface area contributed by atoms with Crippen molar-refractivity contribution in [1.82, 2.24) is 5.32 Å². The van der Waals surface area contributed by atoms with E-state index in [1.807, 2.05) is 0 Å². The van der Waals surface area contributed by atoms with E-state index in [4.69, 9.17) is 10.5 Å². The summed E-state index contributed by atoms with van der Waals surface area (Å²) in [6, 6.07) is -2.03. The molecule has 8 heteroatoms. The number of aliphatic hydroxyl groups excluding tert-OH is 3. The van der Waals surface area contributed by atoms with Crippen LogP contribution in [0.3, 0.4) is 0 Å². The van der Waals surface area contributed by atoms with Crippen LogP contribution in [0.4, 0.5) is 0 Å². The number of rotatable bonds is 8. The highest BCUT2D eigenvalue weighted by Crippen LogP contribution is 2.14. The number of carbonyl (C=O) groups is 2. The second-order valence-corrected chi connectivity index (χ2v) is 4.91. The lowest BCUT2D eigenvalue weighted by Crippen LogP contribution is -2.60. The number of nitrogens with two attached hydrogens (primary N) is 1. The molecule has 0 radical (unpaired) electrons. The van der Waals surface area contributed by atoms with E-state index in [9.17, 15) is 24.9 Å². The van der Waals surface area contributed by atoms with Crippen molar-refractivity contribution in [3.05, 3.63) is 12.7 Å². The van der Waals surface area contributed by atoms with Crippen LogP contribution in [0.25, 0.3) is 0 Å². The molecule has 0 spiro atoms. The van der Waals surface area contributed by atoms with E-state index in [0.29, 0.717) is 0 Å². The van der Waals surface area contributed by atoms with Crippen LogP contribution in [0.1, 0.15) is 20.8 Å². The number of nitrogens with one attached hydrogen (secondary N) is 1. The fraction of sp³-hybridized carbons (Fsp3) is 0.692. The van der Waals surface area contributed by atoms with Crippen LogP contribution < -0.4 is 11.1 Å². The zero-order chi connectivity index (χ0) is 16.7. The van der Waals surface area contributed by atoms with E-state index < -0.39 is 48.4 Å². The smallest absolute Gasteiger partial charge is 0.330 e. The van der Waals surface area contributed by atoms with Crippen LogP contribution in [-0.4, -0.2) is 63.7 Å². The summed E-state index contributed by atoms with van der Waals surface area (Å²) in [5.41, 5.74) is 5.66. The van der Waals surface area contributed by atoms with Gasteiger partial charge in [-0.05, 0) is 13.8 Å².